The molecular weight excluding hydrogens is 244 g/mol. The van der Waals surface area contributed by atoms with E-state index in [2.05, 4.69) is 10.5 Å². The highest BCUT2D eigenvalue weighted by Gasteiger charge is 2.09. The first-order chi connectivity index (χ1) is 9.11. The van der Waals surface area contributed by atoms with E-state index < -0.39 is 0 Å². The van der Waals surface area contributed by atoms with Gasteiger partial charge in [-0.3, -0.25) is 0 Å². The van der Waals surface area contributed by atoms with Crippen LogP contribution < -0.4 is 10.1 Å². The summed E-state index contributed by atoms with van der Waals surface area (Å²) < 4.78 is 10.2. The predicted octanol–water partition coefficient (Wildman–Crippen LogP) is 2.30. The third-order valence-corrected chi connectivity index (χ3v) is 3.09. The summed E-state index contributed by atoms with van der Waals surface area (Å²) in [5.74, 6) is 1.80. The molecule has 1 heterocycles. The zero-order chi connectivity index (χ0) is 13.8. The summed E-state index contributed by atoms with van der Waals surface area (Å²) in [6.07, 6.45) is 0. The van der Waals surface area contributed by atoms with Crippen LogP contribution in [0.2, 0.25) is 0 Å². The largest absolute Gasteiger partial charge is 0.508 e. The molecule has 0 bridgehead atoms. The Kier molecular flexibility index (Phi) is 4.06. The van der Waals surface area contributed by atoms with E-state index in [4.69, 9.17) is 9.26 Å². The molecule has 0 atom stereocenters. The van der Waals surface area contributed by atoms with Gasteiger partial charge in [-0.05, 0) is 32.0 Å². The predicted molar refractivity (Wildman–Crippen MR) is 71.2 cm³/mol. The van der Waals surface area contributed by atoms with Gasteiger partial charge in [0.1, 0.15) is 17.3 Å². The smallest absolute Gasteiger partial charge is 0.138 e. The summed E-state index contributed by atoms with van der Waals surface area (Å²) in [5, 5.41) is 16.9. The Hall–Kier alpha value is -2.01. The monoisotopic (exact) mass is 262 g/mol. The fourth-order valence-electron chi connectivity index (χ4n) is 1.91. The molecule has 2 N–H and O–H groups in total. The van der Waals surface area contributed by atoms with E-state index in [1.807, 2.05) is 19.9 Å². The van der Waals surface area contributed by atoms with Gasteiger partial charge in [0, 0.05) is 24.2 Å². The Bertz CT molecular complexity index is 544. The lowest BCUT2D eigenvalue weighted by atomic mass is 10.1. The van der Waals surface area contributed by atoms with Gasteiger partial charge in [-0.2, -0.15) is 0 Å². The number of hydrogen-bond acceptors (Lipinski definition) is 5. The fourth-order valence-corrected chi connectivity index (χ4v) is 1.91. The molecule has 5 heteroatoms. The second kappa shape index (κ2) is 5.75. The Morgan fingerprint density at radius 2 is 2.11 bits per heavy atom. The molecule has 0 radical (unpaired) electrons. The fraction of sp³-hybridized carbons (Fsp3) is 0.357. The minimum atomic E-state index is 0.257. The van der Waals surface area contributed by atoms with Crippen LogP contribution in [0.3, 0.4) is 0 Å². The highest BCUT2D eigenvalue weighted by molar-refractivity contribution is 5.39. The van der Waals surface area contributed by atoms with Gasteiger partial charge in [0.15, 0.2) is 0 Å². The number of aromatic hydroxyl groups is 1. The number of hydrogen-bond donors (Lipinski definition) is 2. The van der Waals surface area contributed by atoms with E-state index >= 15 is 0 Å². The van der Waals surface area contributed by atoms with Gasteiger partial charge < -0.3 is 19.7 Å². The maximum Gasteiger partial charge on any atom is 0.138 e. The van der Waals surface area contributed by atoms with Gasteiger partial charge in [0.05, 0.1) is 12.8 Å². The van der Waals surface area contributed by atoms with Crippen molar-refractivity contribution in [2.24, 2.45) is 0 Å². The zero-order valence-corrected chi connectivity index (χ0v) is 11.4. The van der Waals surface area contributed by atoms with Crippen molar-refractivity contribution in [1.82, 2.24) is 10.5 Å². The second-order valence-corrected chi connectivity index (χ2v) is 4.40. The lowest BCUT2D eigenvalue weighted by molar-refractivity contribution is 0.391. The molecule has 0 fully saturated rings. The molecule has 0 aliphatic carbocycles. The molecule has 1 aromatic carbocycles. The topological polar surface area (TPSA) is 67.5 Å². The standard InChI is InChI=1S/C14H18N2O3/c1-9-13(10(2)19-16-9)8-15-7-11-6-12(18-3)4-5-14(11)17/h4-6,15,17H,7-8H2,1-3H3. The number of rotatable bonds is 5. The number of ether oxygens (including phenoxy) is 1. The van der Waals surface area contributed by atoms with E-state index in [-0.39, 0.29) is 5.75 Å². The van der Waals surface area contributed by atoms with Crippen molar-refractivity contribution in [3.8, 4) is 11.5 Å². The van der Waals surface area contributed by atoms with Crippen LogP contribution in [-0.2, 0) is 13.1 Å². The number of nitrogens with one attached hydrogen (secondary N) is 1. The summed E-state index contributed by atoms with van der Waals surface area (Å²) >= 11 is 0. The third-order valence-electron chi connectivity index (χ3n) is 3.09. The molecule has 102 valence electrons. The Labute approximate surface area is 112 Å². The highest BCUT2D eigenvalue weighted by atomic mass is 16.5. The van der Waals surface area contributed by atoms with Crippen molar-refractivity contribution in [2.45, 2.75) is 26.9 Å². The van der Waals surface area contributed by atoms with Gasteiger partial charge in [-0.15, -0.1) is 0 Å². The third kappa shape index (κ3) is 3.06. The Balaban J connectivity index is 1.99. The molecular formula is C14H18N2O3. The van der Waals surface area contributed by atoms with E-state index in [0.717, 1.165) is 28.3 Å². The molecule has 0 aliphatic rings. The zero-order valence-electron chi connectivity index (χ0n) is 11.4. The van der Waals surface area contributed by atoms with Gasteiger partial charge in [0.2, 0.25) is 0 Å². The van der Waals surface area contributed by atoms with Crippen LogP contribution in [-0.4, -0.2) is 17.4 Å². The van der Waals surface area contributed by atoms with Gasteiger partial charge >= 0.3 is 0 Å². The molecule has 0 spiro atoms. The van der Waals surface area contributed by atoms with Crippen molar-refractivity contribution in [3.05, 3.63) is 40.8 Å². The van der Waals surface area contributed by atoms with E-state index in [1.54, 1.807) is 19.2 Å². The van der Waals surface area contributed by atoms with Crippen LogP contribution in [0, 0.1) is 13.8 Å². The molecule has 0 saturated carbocycles. The maximum absolute atomic E-state index is 9.77. The Morgan fingerprint density at radius 1 is 1.32 bits per heavy atom. The number of aromatic nitrogens is 1. The van der Waals surface area contributed by atoms with Crippen molar-refractivity contribution in [3.63, 3.8) is 0 Å². The van der Waals surface area contributed by atoms with Gasteiger partial charge in [-0.1, -0.05) is 5.16 Å². The van der Waals surface area contributed by atoms with Crippen molar-refractivity contribution < 1.29 is 14.4 Å². The van der Waals surface area contributed by atoms with Crippen LogP contribution in [0.4, 0.5) is 0 Å². The maximum atomic E-state index is 9.77. The molecule has 0 unspecified atom stereocenters. The van der Waals surface area contributed by atoms with Crippen LogP contribution in [0.5, 0.6) is 11.5 Å². The molecule has 5 nitrogen and oxygen atoms in total. The first-order valence-electron chi connectivity index (χ1n) is 6.10. The number of phenolic OH excluding ortho intramolecular Hbond substituents is 1. The SMILES string of the molecule is COc1ccc(O)c(CNCc2c(C)noc2C)c1. The summed E-state index contributed by atoms with van der Waals surface area (Å²) in [5.41, 5.74) is 2.74. The number of benzene rings is 1. The number of aryl methyl sites for hydroxylation is 2. The van der Waals surface area contributed by atoms with Gasteiger partial charge in [-0.25, -0.2) is 0 Å². The average Bonchev–Trinajstić information content (AvgIpc) is 2.72. The van der Waals surface area contributed by atoms with E-state index in [1.165, 1.54) is 0 Å². The molecule has 2 rings (SSSR count). The molecule has 2 aromatic rings. The van der Waals surface area contributed by atoms with Crippen molar-refractivity contribution in [2.75, 3.05) is 7.11 Å². The average molecular weight is 262 g/mol. The quantitative estimate of drug-likeness (QED) is 0.865. The van der Waals surface area contributed by atoms with Gasteiger partial charge in [0.25, 0.3) is 0 Å². The summed E-state index contributed by atoms with van der Waals surface area (Å²) in [4.78, 5) is 0. The number of nitrogens with zero attached hydrogens (tertiary/aromatic N) is 1. The summed E-state index contributed by atoms with van der Waals surface area (Å²) in [6.45, 7) is 5.00. The van der Waals surface area contributed by atoms with Crippen LogP contribution in [0.25, 0.3) is 0 Å². The minimum Gasteiger partial charge on any atom is -0.508 e. The molecule has 19 heavy (non-hydrogen) atoms. The van der Waals surface area contributed by atoms with E-state index in [0.29, 0.717) is 13.1 Å². The highest BCUT2D eigenvalue weighted by Crippen LogP contribution is 2.22. The van der Waals surface area contributed by atoms with Crippen LogP contribution in [0.1, 0.15) is 22.6 Å². The number of methoxy groups -OCH3 is 1. The summed E-state index contributed by atoms with van der Waals surface area (Å²) in [6, 6.07) is 5.18. The Morgan fingerprint density at radius 3 is 2.74 bits per heavy atom. The van der Waals surface area contributed by atoms with Crippen molar-refractivity contribution in [1.29, 1.82) is 0 Å². The summed E-state index contributed by atoms with van der Waals surface area (Å²) in [7, 11) is 1.60. The van der Waals surface area contributed by atoms with Crippen LogP contribution >= 0.6 is 0 Å². The molecule has 0 aliphatic heterocycles. The first kappa shape index (κ1) is 13.4. The van der Waals surface area contributed by atoms with Crippen molar-refractivity contribution >= 4 is 0 Å². The first-order valence-corrected chi connectivity index (χ1v) is 6.10. The van der Waals surface area contributed by atoms with Crippen LogP contribution in [0.15, 0.2) is 22.7 Å². The normalized spacial score (nSPS) is 10.7. The molecule has 0 saturated heterocycles. The lowest BCUT2D eigenvalue weighted by Gasteiger charge is -2.08. The lowest BCUT2D eigenvalue weighted by Crippen LogP contribution is -2.13. The molecule has 0 amide bonds. The minimum absolute atomic E-state index is 0.257. The molecule has 1 aromatic heterocycles. The second-order valence-electron chi connectivity index (χ2n) is 4.40. The van der Waals surface area contributed by atoms with E-state index in [9.17, 15) is 5.11 Å². The number of phenols is 1.